The summed E-state index contributed by atoms with van der Waals surface area (Å²) in [6.07, 6.45) is 0. The maximum absolute atomic E-state index is 11.7. The number of benzene rings is 1. The summed E-state index contributed by atoms with van der Waals surface area (Å²) < 4.78 is 10.1. The zero-order valence-corrected chi connectivity index (χ0v) is 11.0. The van der Waals surface area contributed by atoms with Gasteiger partial charge in [-0.1, -0.05) is 24.3 Å². The SMILES string of the molecule is COC(=O)C1COCCN1Cc1ccc(CO)cc1. The molecule has 5 nitrogen and oxygen atoms in total. The molecular weight excluding hydrogens is 246 g/mol. The summed E-state index contributed by atoms with van der Waals surface area (Å²) in [5.74, 6) is -0.258. The summed E-state index contributed by atoms with van der Waals surface area (Å²) in [5, 5.41) is 9.01. The van der Waals surface area contributed by atoms with Gasteiger partial charge >= 0.3 is 5.97 Å². The van der Waals surface area contributed by atoms with Gasteiger partial charge in [0, 0.05) is 13.1 Å². The number of ether oxygens (including phenoxy) is 2. The van der Waals surface area contributed by atoms with Gasteiger partial charge in [-0.3, -0.25) is 9.69 Å². The molecule has 2 rings (SSSR count). The molecule has 1 fully saturated rings. The molecule has 1 heterocycles. The van der Waals surface area contributed by atoms with Crippen LogP contribution in [0.15, 0.2) is 24.3 Å². The third kappa shape index (κ3) is 3.53. The predicted octanol–water partition coefficient (Wildman–Crippen LogP) is 0.553. The van der Waals surface area contributed by atoms with E-state index in [1.54, 1.807) is 0 Å². The molecule has 0 radical (unpaired) electrons. The summed E-state index contributed by atoms with van der Waals surface area (Å²) in [6, 6.07) is 7.38. The van der Waals surface area contributed by atoms with Crippen LogP contribution in [0, 0.1) is 0 Å². The Labute approximate surface area is 112 Å². The standard InChI is InChI=1S/C14H19NO4/c1-18-14(17)13-10-19-7-6-15(13)8-11-2-4-12(9-16)5-3-11/h2-5,13,16H,6-10H2,1H3. The molecule has 104 valence electrons. The highest BCUT2D eigenvalue weighted by Gasteiger charge is 2.30. The second kappa shape index (κ2) is 6.65. The van der Waals surface area contributed by atoms with Crippen molar-refractivity contribution in [2.24, 2.45) is 0 Å². The second-order valence-corrected chi connectivity index (χ2v) is 4.56. The number of aliphatic hydroxyl groups is 1. The average Bonchev–Trinajstić information content (AvgIpc) is 2.48. The minimum Gasteiger partial charge on any atom is -0.468 e. The van der Waals surface area contributed by atoms with Crippen LogP contribution in [0.3, 0.4) is 0 Å². The zero-order chi connectivity index (χ0) is 13.7. The molecule has 1 aromatic carbocycles. The number of aliphatic hydroxyl groups excluding tert-OH is 1. The lowest BCUT2D eigenvalue weighted by atomic mass is 10.1. The first-order chi connectivity index (χ1) is 9.24. The smallest absolute Gasteiger partial charge is 0.325 e. The average molecular weight is 265 g/mol. The maximum Gasteiger partial charge on any atom is 0.325 e. The number of nitrogens with zero attached hydrogens (tertiary/aromatic N) is 1. The van der Waals surface area contributed by atoms with Gasteiger partial charge in [0.05, 0.1) is 26.9 Å². The monoisotopic (exact) mass is 265 g/mol. The fourth-order valence-electron chi connectivity index (χ4n) is 2.17. The zero-order valence-electron chi connectivity index (χ0n) is 11.0. The van der Waals surface area contributed by atoms with E-state index in [0.29, 0.717) is 26.3 Å². The summed E-state index contributed by atoms with van der Waals surface area (Å²) in [6.45, 7) is 2.43. The van der Waals surface area contributed by atoms with E-state index in [4.69, 9.17) is 14.6 Å². The van der Waals surface area contributed by atoms with Crippen molar-refractivity contribution in [3.8, 4) is 0 Å². The number of esters is 1. The maximum atomic E-state index is 11.7. The van der Waals surface area contributed by atoms with E-state index in [-0.39, 0.29) is 18.6 Å². The first-order valence-electron chi connectivity index (χ1n) is 6.33. The fraction of sp³-hybridized carbons (Fsp3) is 0.500. The predicted molar refractivity (Wildman–Crippen MR) is 69.4 cm³/mol. The van der Waals surface area contributed by atoms with Crippen LogP contribution in [-0.2, 0) is 27.4 Å². The van der Waals surface area contributed by atoms with Crippen molar-refractivity contribution >= 4 is 5.97 Å². The van der Waals surface area contributed by atoms with Crippen LogP contribution in [-0.4, -0.2) is 48.9 Å². The highest BCUT2D eigenvalue weighted by Crippen LogP contribution is 2.14. The molecule has 0 saturated carbocycles. The highest BCUT2D eigenvalue weighted by atomic mass is 16.5. The number of hydrogen-bond acceptors (Lipinski definition) is 5. The second-order valence-electron chi connectivity index (χ2n) is 4.56. The Kier molecular flexibility index (Phi) is 4.90. The Bertz CT molecular complexity index is 418. The molecule has 0 aliphatic carbocycles. The lowest BCUT2D eigenvalue weighted by Gasteiger charge is -2.33. The van der Waals surface area contributed by atoms with Crippen molar-refractivity contribution in [2.75, 3.05) is 26.9 Å². The van der Waals surface area contributed by atoms with Crippen molar-refractivity contribution in [1.82, 2.24) is 4.90 Å². The van der Waals surface area contributed by atoms with E-state index < -0.39 is 0 Å². The Balaban J connectivity index is 2.03. The van der Waals surface area contributed by atoms with Crippen molar-refractivity contribution in [3.05, 3.63) is 35.4 Å². The van der Waals surface area contributed by atoms with E-state index in [2.05, 4.69) is 4.90 Å². The summed E-state index contributed by atoms with van der Waals surface area (Å²) in [4.78, 5) is 13.7. The molecule has 0 bridgehead atoms. The quantitative estimate of drug-likeness (QED) is 0.806. The van der Waals surface area contributed by atoms with Gasteiger partial charge in [0.1, 0.15) is 6.04 Å². The van der Waals surface area contributed by atoms with E-state index >= 15 is 0 Å². The minimum atomic E-state index is -0.337. The van der Waals surface area contributed by atoms with E-state index in [1.165, 1.54) is 7.11 Å². The molecular formula is C14H19NO4. The Morgan fingerprint density at radius 1 is 1.42 bits per heavy atom. The molecule has 19 heavy (non-hydrogen) atoms. The fourth-order valence-corrected chi connectivity index (χ4v) is 2.17. The molecule has 1 aliphatic rings. The van der Waals surface area contributed by atoms with Crippen molar-refractivity contribution in [2.45, 2.75) is 19.2 Å². The third-order valence-corrected chi connectivity index (χ3v) is 3.30. The molecule has 0 aromatic heterocycles. The molecule has 1 aliphatic heterocycles. The minimum absolute atomic E-state index is 0.0443. The number of hydrogen-bond donors (Lipinski definition) is 1. The number of carbonyl (C=O) groups excluding carboxylic acids is 1. The van der Waals surface area contributed by atoms with Crippen molar-refractivity contribution in [3.63, 3.8) is 0 Å². The first-order valence-corrected chi connectivity index (χ1v) is 6.33. The van der Waals surface area contributed by atoms with E-state index in [1.807, 2.05) is 24.3 Å². The first kappa shape index (κ1) is 14.0. The van der Waals surface area contributed by atoms with Gasteiger partial charge in [0.15, 0.2) is 0 Å². The number of rotatable bonds is 4. The van der Waals surface area contributed by atoms with Crippen LogP contribution >= 0.6 is 0 Å². The number of morpholine rings is 1. The summed E-state index contributed by atoms with van der Waals surface area (Å²) in [5.41, 5.74) is 1.99. The van der Waals surface area contributed by atoms with E-state index in [0.717, 1.165) is 11.1 Å². The van der Waals surface area contributed by atoms with Crippen LogP contribution in [0.25, 0.3) is 0 Å². The Hall–Kier alpha value is -1.43. The van der Waals surface area contributed by atoms with Crippen LogP contribution in [0.4, 0.5) is 0 Å². The molecule has 1 saturated heterocycles. The van der Waals surface area contributed by atoms with Gasteiger partial charge in [0.25, 0.3) is 0 Å². The van der Waals surface area contributed by atoms with Gasteiger partial charge < -0.3 is 14.6 Å². The molecule has 0 spiro atoms. The largest absolute Gasteiger partial charge is 0.468 e. The summed E-state index contributed by atoms with van der Waals surface area (Å²) >= 11 is 0. The van der Waals surface area contributed by atoms with Crippen molar-refractivity contribution in [1.29, 1.82) is 0 Å². The topological polar surface area (TPSA) is 59.0 Å². The molecule has 1 unspecified atom stereocenters. The van der Waals surface area contributed by atoms with E-state index in [9.17, 15) is 4.79 Å². The summed E-state index contributed by atoms with van der Waals surface area (Å²) in [7, 11) is 1.39. The highest BCUT2D eigenvalue weighted by molar-refractivity contribution is 5.75. The van der Waals surface area contributed by atoms with Crippen LogP contribution < -0.4 is 0 Å². The van der Waals surface area contributed by atoms with Crippen LogP contribution in [0.2, 0.25) is 0 Å². The molecule has 5 heteroatoms. The molecule has 1 N–H and O–H groups in total. The Morgan fingerprint density at radius 3 is 2.74 bits per heavy atom. The molecule has 1 atom stereocenters. The van der Waals surface area contributed by atoms with Crippen LogP contribution in [0.1, 0.15) is 11.1 Å². The van der Waals surface area contributed by atoms with Gasteiger partial charge in [-0.2, -0.15) is 0 Å². The van der Waals surface area contributed by atoms with Gasteiger partial charge in [-0.05, 0) is 11.1 Å². The lowest BCUT2D eigenvalue weighted by molar-refractivity contribution is -0.153. The normalized spacial score (nSPS) is 20.2. The van der Waals surface area contributed by atoms with Crippen molar-refractivity contribution < 1.29 is 19.4 Å². The number of carbonyl (C=O) groups is 1. The third-order valence-electron chi connectivity index (χ3n) is 3.30. The Morgan fingerprint density at radius 2 is 2.11 bits per heavy atom. The van der Waals surface area contributed by atoms with Gasteiger partial charge in [-0.25, -0.2) is 0 Å². The van der Waals surface area contributed by atoms with Gasteiger partial charge in [0.2, 0.25) is 0 Å². The van der Waals surface area contributed by atoms with Gasteiger partial charge in [-0.15, -0.1) is 0 Å². The number of methoxy groups -OCH3 is 1. The molecule has 1 aromatic rings. The lowest BCUT2D eigenvalue weighted by Crippen LogP contribution is -2.49. The molecule has 0 amide bonds. The van der Waals surface area contributed by atoms with Crippen LogP contribution in [0.5, 0.6) is 0 Å².